The van der Waals surface area contributed by atoms with Crippen LogP contribution in [0.4, 0.5) is 0 Å². The maximum Gasteiger partial charge on any atom is 0.341 e. The van der Waals surface area contributed by atoms with Crippen LogP contribution in [0.1, 0.15) is 23.7 Å². The van der Waals surface area contributed by atoms with Gasteiger partial charge in [-0.3, -0.25) is 4.79 Å². The molecule has 0 aliphatic rings. The molecule has 0 aliphatic carbocycles. The molecule has 0 bridgehead atoms. The fourth-order valence-electron chi connectivity index (χ4n) is 2.15. The largest absolute Gasteiger partial charge is 0.449 e. The van der Waals surface area contributed by atoms with Crippen molar-refractivity contribution < 1.29 is 14.3 Å². The third-order valence-electron chi connectivity index (χ3n) is 3.59. The van der Waals surface area contributed by atoms with Crippen molar-refractivity contribution in [3.8, 4) is 6.07 Å². The van der Waals surface area contributed by atoms with E-state index in [1.54, 1.807) is 37.5 Å². The maximum absolute atomic E-state index is 12.5. The van der Waals surface area contributed by atoms with Crippen LogP contribution in [0.15, 0.2) is 52.5 Å². The zero-order chi connectivity index (χ0) is 19.8. The van der Waals surface area contributed by atoms with Gasteiger partial charge in [0.25, 0.3) is 5.91 Å². The van der Waals surface area contributed by atoms with Crippen LogP contribution in [0, 0.1) is 11.3 Å². The minimum absolute atomic E-state index is 0.216. The second-order valence-electron chi connectivity index (χ2n) is 5.63. The third-order valence-corrected chi connectivity index (χ3v) is 4.86. The normalized spacial score (nSPS) is 11.3. The fourth-order valence-corrected chi connectivity index (χ4v) is 3.15. The summed E-state index contributed by atoms with van der Waals surface area (Å²) in [5.74, 6) is -0.997. The molecule has 1 aromatic carbocycles. The molecule has 0 fully saturated rings. The highest BCUT2D eigenvalue weighted by molar-refractivity contribution is 7.99. The molecule has 2 aromatic rings. The number of hydrogen-bond donors (Lipinski definition) is 0. The summed E-state index contributed by atoms with van der Waals surface area (Å²) in [6, 6.07) is 12.4. The van der Waals surface area contributed by atoms with E-state index in [2.05, 4.69) is 4.98 Å². The minimum Gasteiger partial charge on any atom is -0.449 e. The quantitative estimate of drug-likeness (QED) is 0.654. The number of likely N-dealkylation sites (N-methyl/N-ethyl adjacent to an activating group) is 1. The number of nitriles is 1. The summed E-state index contributed by atoms with van der Waals surface area (Å²) in [6.07, 6.45) is 0.835. The van der Waals surface area contributed by atoms with Gasteiger partial charge in [-0.2, -0.15) is 5.26 Å². The monoisotopic (exact) mass is 403 g/mol. The Morgan fingerprint density at radius 1 is 1.33 bits per heavy atom. The summed E-state index contributed by atoms with van der Waals surface area (Å²) < 4.78 is 5.31. The van der Waals surface area contributed by atoms with Crippen LogP contribution in [0.25, 0.3) is 0 Å². The number of hydrogen-bond acceptors (Lipinski definition) is 6. The summed E-state index contributed by atoms with van der Waals surface area (Å²) in [5.41, 5.74) is 0.275. The molecule has 27 heavy (non-hydrogen) atoms. The number of amides is 1. The molecule has 1 aromatic heterocycles. The average Bonchev–Trinajstić information content (AvgIpc) is 2.67. The number of rotatable bonds is 7. The zero-order valence-electron chi connectivity index (χ0n) is 14.9. The van der Waals surface area contributed by atoms with Gasteiger partial charge in [0.1, 0.15) is 5.03 Å². The molecule has 0 saturated heterocycles. The van der Waals surface area contributed by atoms with Gasteiger partial charge in [-0.05, 0) is 43.3 Å². The van der Waals surface area contributed by atoms with E-state index in [4.69, 9.17) is 21.6 Å². The Balaban J connectivity index is 2.09. The van der Waals surface area contributed by atoms with Gasteiger partial charge in [-0.15, -0.1) is 0 Å². The number of carbonyl (C=O) groups excluding carboxylic acids is 2. The summed E-state index contributed by atoms with van der Waals surface area (Å²) in [7, 11) is 1.57. The molecule has 0 aliphatic heterocycles. The van der Waals surface area contributed by atoms with Crippen molar-refractivity contribution in [1.29, 1.82) is 5.26 Å². The highest BCUT2D eigenvalue weighted by Crippen LogP contribution is 2.30. The van der Waals surface area contributed by atoms with E-state index in [9.17, 15) is 9.59 Å². The van der Waals surface area contributed by atoms with Crippen LogP contribution in [-0.2, 0) is 9.53 Å². The van der Waals surface area contributed by atoms with E-state index < -0.39 is 12.1 Å². The zero-order valence-corrected chi connectivity index (χ0v) is 16.5. The Labute approximate surface area is 167 Å². The van der Waals surface area contributed by atoms with E-state index in [0.717, 1.165) is 4.90 Å². The molecule has 0 radical (unpaired) electrons. The fraction of sp³-hybridized carbons (Fsp3) is 0.263. The highest BCUT2D eigenvalue weighted by Gasteiger charge is 2.24. The van der Waals surface area contributed by atoms with Gasteiger partial charge in [-0.25, -0.2) is 9.78 Å². The summed E-state index contributed by atoms with van der Waals surface area (Å²) in [4.78, 5) is 31.3. The molecule has 8 heteroatoms. The average molecular weight is 404 g/mol. The number of nitrogens with zero attached hydrogens (tertiary/aromatic N) is 3. The first kappa shape index (κ1) is 20.7. The molecule has 1 heterocycles. The molecular formula is C19H18ClN3O3S. The predicted octanol–water partition coefficient (Wildman–Crippen LogP) is 3.80. The lowest BCUT2D eigenvalue weighted by Gasteiger charge is -2.20. The summed E-state index contributed by atoms with van der Waals surface area (Å²) in [5, 5.41) is 9.70. The second kappa shape index (κ2) is 9.95. The summed E-state index contributed by atoms with van der Waals surface area (Å²) in [6.45, 7) is 1.78. The van der Waals surface area contributed by atoms with Gasteiger partial charge in [0, 0.05) is 29.7 Å². The van der Waals surface area contributed by atoms with E-state index in [1.165, 1.54) is 23.6 Å². The van der Waals surface area contributed by atoms with Crippen molar-refractivity contribution in [2.24, 2.45) is 0 Å². The molecule has 2 rings (SSSR count). The van der Waals surface area contributed by atoms with Gasteiger partial charge >= 0.3 is 5.97 Å². The van der Waals surface area contributed by atoms with Crippen LogP contribution in [-0.4, -0.2) is 41.5 Å². The number of ether oxygens (including phenoxy) is 1. The highest BCUT2D eigenvalue weighted by atomic mass is 35.5. The van der Waals surface area contributed by atoms with E-state index in [-0.39, 0.29) is 24.4 Å². The van der Waals surface area contributed by atoms with Crippen molar-refractivity contribution in [2.45, 2.75) is 29.4 Å². The number of halogens is 1. The minimum atomic E-state index is -0.963. The molecule has 0 spiro atoms. The number of benzene rings is 1. The molecule has 0 N–H and O–H groups in total. The van der Waals surface area contributed by atoms with Gasteiger partial charge < -0.3 is 9.64 Å². The van der Waals surface area contributed by atoms with Crippen LogP contribution in [0.2, 0.25) is 5.02 Å². The first-order valence-electron chi connectivity index (χ1n) is 8.13. The molecule has 1 amide bonds. The first-order chi connectivity index (χ1) is 12.9. The van der Waals surface area contributed by atoms with Gasteiger partial charge in [0.15, 0.2) is 6.10 Å². The number of aromatic nitrogens is 1. The number of pyridine rings is 1. The van der Waals surface area contributed by atoms with Crippen LogP contribution in [0.3, 0.4) is 0 Å². The number of esters is 1. The summed E-state index contributed by atoms with van der Waals surface area (Å²) >= 11 is 7.19. The topological polar surface area (TPSA) is 83.3 Å². The molecule has 6 nitrogen and oxygen atoms in total. The van der Waals surface area contributed by atoms with Crippen molar-refractivity contribution >= 4 is 35.2 Å². The molecular weight excluding hydrogens is 386 g/mol. The van der Waals surface area contributed by atoms with E-state index >= 15 is 0 Å². The van der Waals surface area contributed by atoms with Gasteiger partial charge in [-0.1, -0.05) is 23.4 Å². The van der Waals surface area contributed by atoms with Gasteiger partial charge in [0.2, 0.25) is 0 Å². The Kier molecular flexibility index (Phi) is 7.65. The van der Waals surface area contributed by atoms with Crippen LogP contribution in [0.5, 0.6) is 0 Å². The molecule has 0 unspecified atom stereocenters. The number of carbonyl (C=O) groups is 2. The third kappa shape index (κ3) is 5.98. The van der Waals surface area contributed by atoms with Crippen molar-refractivity contribution in [1.82, 2.24) is 9.88 Å². The Morgan fingerprint density at radius 3 is 2.70 bits per heavy atom. The van der Waals surface area contributed by atoms with Crippen LogP contribution >= 0.6 is 23.4 Å². The SMILES string of the molecule is C[C@H](OC(=O)c1cccnc1Sc1ccc(Cl)cc1)C(=O)N(C)CCC#N. The second-order valence-corrected chi connectivity index (χ2v) is 7.13. The van der Waals surface area contributed by atoms with E-state index in [1.807, 2.05) is 18.2 Å². The van der Waals surface area contributed by atoms with Crippen LogP contribution < -0.4 is 0 Å². The lowest BCUT2D eigenvalue weighted by Crippen LogP contribution is -2.38. The Bertz CT molecular complexity index is 852. The Hall–Kier alpha value is -2.56. The standard InChI is InChI=1S/C19H18ClN3O3S/c1-13(18(24)23(2)12-4-10-21)26-19(25)16-5-3-11-22-17(16)27-15-8-6-14(20)7-9-15/h3,5-9,11,13H,4,12H2,1-2H3/t13-/m0/s1. The van der Waals surface area contributed by atoms with Crippen molar-refractivity contribution in [3.05, 3.63) is 53.2 Å². The lowest BCUT2D eigenvalue weighted by molar-refractivity contribution is -0.138. The van der Waals surface area contributed by atoms with Gasteiger partial charge in [0.05, 0.1) is 18.1 Å². The predicted molar refractivity (Wildman–Crippen MR) is 103 cm³/mol. The maximum atomic E-state index is 12.5. The Morgan fingerprint density at radius 2 is 2.04 bits per heavy atom. The first-order valence-corrected chi connectivity index (χ1v) is 9.33. The van der Waals surface area contributed by atoms with Crippen molar-refractivity contribution in [2.75, 3.05) is 13.6 Å². The molecule has 140 valence electrons. The molecule has 0 saturated carbocycles. The smallest absolute Gasteiger partial charge is 0.341 e. The van der Waals surface area contributed by atoms with Crippen molar-refractivity contribution in [3.63, 3.8) is 0 Å². The van der Waals surface area contributed by atoms with E-state index in [0.29, 0.717) is 10.0 Å². The lowest BCUT2D eigenvalue weighted by atomic mass is 10.3. The molecule has 1 atom stereocenters.